The first-order valence-corrected chi connectivity index (χ1v) is 8.66. The predicted molar refractivity (Wildman–Crippen MR) is 95.8 cm³/mol. The Labute approximate surface area is 156 Å². The fourth-order valence-corrected chi connectivity index (χ4v) is 3.21. The Morgan fingerprint density at radius 2 is 2.11 bits per heavy atom. The van der Waals surface area contributed by atoms with Crippen molar-refractivity contribution in [2.24, 2.45) is 0 Å². The fraction of sp³-hybridized carbons (Fsp3) is 0.444. The second-order valence-corrected chi connectivity index (χ2v) is 6.16. The molecule has 1 saturated heterocycles. The summed E-state index contributed by atoms with van der Waals surface area (Å²) in [4.78, 5) is 27.9. The molecule has 2 heterocycles. The van der Waals surface area contributed by atoms with Crippen molar-refractivity contribution in [3.8, 4) is 0 Å². The molecule has 0 unspecified atom stereocenters. The molecule has 8 nitrogen and oxygen atoms in total. The van der Waals surface area contributed by atoms with Crippen LogP contribution in [0.15, 0.2) is 29.5 Å². The van der Waals surface area contributed by atoms with E-state index in [1.807, 2.05) is 4.90 Å². The Morgan fingerprint density at radius 3 is 2.78 bits per heavy atom. The molecule has 27 heavy (non-hydrogen) atoms. The summed E-state index contributed by atoms with van der Waals surface area (Å²) >= 11 is 0. The predicted octanol–water partition coefficient (Wildman–Crippen LogP) is 0.336. The number of nitrogens with zero attached hydrogens (tertiary/aromatic N) is 2. The van der Waals surface area contributed by atoms with Gasteiger partial charge in [0.25, 0.3) is 5.91 Å². The summed E-state index contributed by atoms with van der Waals surface area (Å²) in [5.74, 6) is -1.52. The fourth-order valence-electron chi connectivity index (χ4n) is 3.21. The van der Waals surface area contributed by atoms with Crippen LogP contribution >= 0.6 is 0 Å². The van der Waals surface area contributed by atoms with Crippen molar-refractivity contribution in [2.45, 2.75) is 0 Å². The number of hydrogen-bond acceptors (Lipinski definition) is 7. The lowest BCUT2D eigenvalue weighted by molar-refractivity contribution is -0.136. The van der Waals surface area contributed by atoms with E-state index in [0.717, 1.165) is 0 Å². The number of anilines is 2. The van der Waals surface area contributed by atoms with Crippen LogP contribution in [0.4, 0.5) is 15.8 Å². The van der Waals surface area contributed by atoms with Gasteiger partial charge >= 0.3 is 5.97 Å². The maximum atomic E-state index is 14.6. The van der Waals surface area contributed by atoms with Gasteiger partial charge in [-0.1, -0.05) is 6.07 Å². The molecule has 2 N–H and O–H groups in total. The molecule has 146 valence electrons. The molecular weight excluding hydrogens is 357 g/mol. The van der Waals surface area contributed by atoms with E-state index < -0.39 is 17.7 Å². The van der Waals surface area contributed by atoms with E-state index in [0.29, 0.717) is 37.7 Å². The largest absolute Gasteiger partial charge is 0.466 e. The van der Waals surface area contributed by atoms with Gasteiger partial charge in [-0.3, -0.25) is 4.79 Å². The lowest BCUT2D eigenvalue weighted by Crippen LogP contribution is -2.37. The molecule has 0 atom stereocenters. The third kappa shape index (κ3) is 3.88. The SMILES string of the molecule is COC(=O)C1=C(Nc2cccc(F)c2N2CCOCC2)C(=O)N(CCO)C1. The third-order valence-electron chi connectivity index (χ3n) is 4.53. The Morgan fingerprint density at radius 1 is 1.37 bits per heavy atom. The van der Waals surface area contributed by atoms with Gasteiger partial charge < -0.3 is 29.7 Å². The maximum absolute atomic E-state index is 14.6. The van der Waals surface area contributed by atoms with Gasteiger partial charge in [0.15, 0.2) is 0 Å². The van der Waals surface area contributed by atoms with E-state index in [1.54, 1.807) is 6.07 Å². The number of rotatable bonds is 6. The quantitative estimate of drug-likeness (QED) is 0.689. The number of nitrogens with one attached hydrogen (secondary N) is 1. The highest BCUT2D eigenvalue weighted by molar-refractivity contribution is 6.09. The summed E-state index contributed by atoms with van der Waals surface area (Å²) in [6.45, 7) is 1.87. The van der Waals surface area contributed by atoms with Crippen molar-refractivity contribution in [3.05, 3.63) is 35.3 Å². The van der Waals surface area contributed by atoms with E-state index in [2.05, 4.69) is 5.32 Å². The lowest BCUT2D eigenvalue weighted by Gasteiger charge is -2.31. The van der Waals surface area contributed by atoms with Gasteiger partial charge in [-0.25, -0.2) is 9.18 Å². The highest BCUT2D eigenvalue weighted by Gasteiger charge is 2.35. The van der Waals surface area contributed by atoms with E-state index in [1.165, 1.54) is 24.1 Å². The number of ether oxygens (including phenoxy) is 2. The van der Waals surface area contributed by atoms with Crippen LogP contribution in [0.2, 0.25) is 0 Å². The van der Waals surface area contributed by atoms with Gasteiger partial charge in [-0.2, -0.15) is 0 Å². The van der Waals surface area contributed by atoms with Crippen LogP contribution in [0.3, 0.4) is 0 Å². The first-order chi connectivity index (χ1) is 13.1. The van der Waals surface area contributed by atoms with Gasteiger partial charge in [0, 0.05) is 19.6 Å². The maximum Gasteiger partial charge on any atom is 0.337 e. The number of hydrogen-bond donors (Lipinski definition) is 2. The molecule has 0 aliphatic carbocycles. The lowest BCUT2D eigenvalue weighted by atomic mass is 10.2. The van der Waals surface area contributed by atoms with E-state index in [-0.39, 0.29) is 31.0 Å². The smallest absolute Gasteiger partial charge is 0.337 e. The number of methoxy groups -OCH3 is 1. The van der Waals surface area contributed by atoms with Crippen LogP contribution in [0.1, 0.15) is 0 Å². The molecule has 1 amide bonds. The molecule has 0 bridgehead atoms. The van der Waals surface area contributed by atoms with Gasteiger partial charge in [0.2, 0.25) is 0 Å². The Balaban J connectivity index is 1.96. The number of aliphatic hydroxyl groups excluding tert-OH is 1. The van der Waals surface area contributed by atoms with Crippen LogP contribution in [0.25, 0.3) is 0 Å². The number of carbonyl (C=O) groups is 2. The zero-order valence-electron chi connectivity index (χ0n) is 15.0. The number of carbonyl (C=O) groups excluding carboxylic acids is 2. The zero-order chi connectivity index (χ0) is 19.4. The minimum absolute atomic E-state index is 0.0244. The van der Waals surface area contributed by atoms with Crippen LogP contribution in [-0.4, -0.2) is 75.0 Å². The summed E-state index contributed by atoms with van der Waals surface area (Å²) in [6, 6.07) is 4.53. The molecular formula is C18H22FN3O5. The van der Waals surface area contributed by atoms with E-state index in [9.17, 15) is 14.0 Å². The van der Waals surface area contributed by atoms with Crippen LogP contribution in [0, 0.1) is 5.82 Å². The number of amides is 1. The van der Waals surface area contributed by atoms with Crippen molar-refractivity contribution < 1.29 is 28.6 Å². The highest BCUT2D eigenvalue weighted by Crippen LogP contribution is 2.32. The van der Waals surface area contributed by atoms with Crippen molar-refractivity contribution >= 4 is 23.3 Å². The zero-order valence-corrected chi connectivity index (χ0v) is 15.0. The number of esters is 1. The van der Waals surface area contributed by atoms with Crippen LogP contribution in [-0.2, 0) is 19.1 Å². The molecule has 0 aromatic heterocycles. The molecule has 3 rings (SSSR count). The second kappa shape index (κ2) is 8.36. The Hall–Kier alpha value is -2.65. The monoisotopic (exact) mass is 379 g/mol. The molecule has 2 aliphatic rings. The molecule has 0 radical (unpaired) electrons. The minimum Gasteiger partial charge on any atom is -0.466 e. The average molecular weight is 379 g/mol. The van der Waals surface area contributed by atoms with Gasteiger partial charge in [-0.05, 0) is 12.1 Å². The first kappa shape index (κ1) is 19.1. The van der Waals surface area contributed by atoms with E-state index >= 15 is 0 Å². The number of β-amino-alcohol motifs (C(OH)–C–C–N with tert-alkyl or cyclic N) is 1. The Kier molecular flexibility index (Phi) is 5.92. The standard InChI is InChI=1S/C18H22FN3O5/c1-26-18(25)12-11-22(5-8-23)17(24)15(12)20-14-4-2-3-13(19)16(14)21-6-9-27-10-7-21/h2-4,20,23H,5-11H2,1H3. The highest BCUT2D eigenvalue weighted by atomic mass is 19.1. The summed E-state index contributed by atoms with van der Waals surface area (Å²) in [5, 5.41) is 12.1. The number of para-hydroxylation sites is 1. The second-order valence-electron chi connectivity index (χ2n) is 6.16. The minimum atomic E-state index is -0.643. The van der Waals surface area contributed by atoms with Crippen molar-refractivity contribution in [3.63, 3.8) is 0 Å². The van der Waals surface area contributed by atoms with E-state index in [4.69, 9.17) is 14.6 Å². The van der Waals surface area contributed by atoms with Gasteiger partial charge in [-0.15, -0.1) is 0 Å². The van der Waals surface area contributed by atoms with Gasteiger partial charge in [0.05, 0.1) is 50.4 Å². The molecule has 1 fully saturated rings. The average Bonchev–Trinajstić information content (AvgIpc) is 2.98. The number of morpholine rings is 1. The summed E-state index contributed by atoms with van der Waals surface area (Å²) < 4.78 is 24.7. The summed E-state index contributed by atoms with van der Waals surface area (Å²) in [6.07, 6.45) is 0. The number of halogens is 1. The van der Waals surface area contributed by atoms with Crippen molar-refractivity contribution in [1.29, 1.82) is 0 Å². The van der Waals surface area contributed by atoms with Crippen molar-refractivity contribution in [2.75, 3.05) is 63.3 Å². The molecule has 0 saturated carbocycles. The molecule has 1 aromatic carbocycles. The third-order valence-corrected chi connectivity index (χ3v) is 4.53. The summed E-state index contributed by atoms with van der Waals surface area (Å²) in [5.41, 5.74) is 0.891. The topological polar surface area (TPSA) is 91.3 Å². The molecule has 1 aromatic rings. The summed E-state index contributed by atoms with van der Waals surface area (Å²) in [7, 11) is 1.23. The molecule has 9 heteroatoms. The number of benzene rings is 1. The molecule has 2 aliphatic heterocycles. The van der Waals surface area contributed by atoms with Crippen LogP contribution < -0.4 is 10.2 Å². The van der Waals surface area contributed by atoms with Crippen molar-refractivity contribution in [1.82, 2.24) is 4.90 Å². The van der Waals surface area contributed by atoms with Gasteiger partial charge in [0.1, 0.15) is 11.5 Å². The normalized spacial score (nSPS) is 17.5. The molecule has 0 spiro atoms. The number of aliphatic hydroxyl groups is 1. The van der Waals surface area contributed by atoms with Crippen LogP contribution in [0.5, 0.6) is 0 Å². The Bertz CT molecular complexity index is 761. The first-order valence-electron chi connectivity index (χ1n) is 8.66.